The number of benzene rings is 1. The van der Waals surface area contributed by atoms with Crippen molar-refractivity contribution < 1.29 is 14.3 Å². The van der Waals surface area contributed by atoms with Crippen molar-refractivity contribution in [3.63, 3.8) is 0 Å². The summed E-state index contributed by atoms with van der Waals surface area (Å²) in [5, 5.41) is 3.62. The summed E-state index contributed by atoms with van der Waals surface area (Å²) >= 11 is 3.11. The molecule has 6 heteroatoms. The van der Waals surface area contributed by atoms with Gasteiger partial charge in [0, 0.05) is 10.6 Å². The summed E-state index contributed by atoms with van der Waals surface area (Å²) in [6, 6.07) is 10.1. The average molecular weight is 404 g/mol. The number of thiophene rings is 1. The van der Waals surface area contributed by atoms with Crippen LogP contribution in [0.15, 0.2) is 30.3 Å². The first kappa shape index (κ1) is 20.0. The van der Waals surface area contributed by atoms with Crippen LogP contribution in [0.2, 0.25) is 0 Å². The maximum Gasteiger partial charge on any atom is 0.341 e. The van der Waals surface area contributed by atoms with Crippen LogP contribution in [0.25, 0.3) is 0 Å². The maximum atomic E-state index is 12.5. The number of rotatable bonds is 7. The van der Waals surface area contributed by atoms with E-state index >= 15 is 0 Å². The second-order valence-corrected chi connectivity index (χ2v) is 8.89. The Bertz CT molecular complexity index is 801. The molecule has 1 aliphatic carbocycles. The fraction of sp³-hybridized carbons (Fsp3) is 0.429. The number of nitrogens with one attached hydrogen (secondary N) is 1. The summed E-state index contributed by atoms with van der Waals surface area (Å²) < 4.78 is 5.25. The predicted octanol–water partition coefficient (Wildman–Crippen LogP) is 4.92. The highest BCUT2D eigenvalue weighted by molar-refractivity contribution is 7.99. The van der Waals surface area contributed by atoms with Gasteiger partial charge in [0.05, 0.1) is 17.9 Å². The van der Waals surface area contributed by atoms with E-state index in [-0.39, 0.29) is 11.9 Å². The molecule has 0 bridgehead atoms. The Morgan fingerprint density at radius 2 is 2.07 bits per heavy atom. The zero-order valence-corrected chi connectivity index (χ0v) is 17.4. The smallest absolute Gasteiger partial charge is 0.341 e. The summed E-state index contributed by atoms with van der Waals surface area (Å²) in [6.07, 6.45) is 2.90. The maximum absolute atomic E-state index is 12.5. The monoisotopic (exact) mass is 403 g/mol. The second-order valence-electron chi connectivity index (χ2n) is 6.80. The number of fused-ring (bicyclic) bond motifs is 1. The van der Waals surface area contributed by atoms with Gasteiger partial charge < -0.3 is 10.1 Å². The first-order valence-electron chi connectivity index (χ1n) is 9.31. The highest BCUT2D eigenvalue weighted by Gasteiger charge is 2.29. The SMILES string of the molecule is CCOC(=O)c1c(NC(=O)CSCc2ccccc2)sc2c1CCC(C)C2. The van der Waals surface area contributed by atoms with Crippen molar-refractivity contribution in [1.29, 1.82) is 0 Å². The van der Waals surface area contributed by atoms with Crippen LogP contribution in [0, 0.1) is 5.92 Å². The molecule has 4 nitrogen and oxygen atoms in total. The molecule has 0 spiro atoms. The minimum Gasteiger partial charge on any atom is -0.462 e. The van der Waals surface area contributed by atoms with Gasteiger partial charge in [-0.15, -0.1) is 23.1 Å². The number of carbonyl (C=O) groups is 2. The van der Waals surface area contributed by atoms with E-state index in [1.165, 1.54) is 21.8 Å². The van der Waals surface area contributed by atoms with E-state index in [1.54, 1.807) is 18.7 Å². The van der Waals surface area contributed by atoms with E-state index in [2.05, 4.69) is 24.4 Å². The molecule has 1 aromatic carbocycles. The number of anilines is 1. The third-order valence-electron chi connectivity index (χ3n) is 4.59. The van der Waals surface area contributed by atoms with Crippen molar-refractivity contribution in [1.82, 2.24) is 0 Å². The Hall–Kier alpha value is -1.79. The van der Waals surface area contributed by atoms with Crippen molar-refractivity contribution >= 4 is 40.0 Å². The highest BCUT2D eigenvalue weighted by Crippen LogP contribution is 2.40. The third-order valence-corrected chi connectivity index (χ3v) is 6.76. The Morgan fingerprint density at radius 1 is 1.30 bits per heavy atom. The third kappa shape index (κ3) is 5.14. The number of carbonyl (C=O) groups excluding carboxylic acids is 2. The van der Waals surface area contributed by atoms with Gasteiger partial charge in [-0.1, -0.05) is 37.3 Å². The molecule has 0 radical (unpaired) electrons. The van der Waals surface area contributed by atoms with E-state index in [1.807, 2.05) is 18.2 Å². The Labute approximate surface area is 168 Å². The lowest BCUT2D eigenvalue weighted by atomic mass is 9.88. The lowest BCUT2D eigenvalue weighted by Crippen LogP contribution is -2.17. The quantitative estimate of drug-likeness (QED) is 0.667. The fourth-order valence-corrected chi connectivity index (χ4v) is 5.46. The molecule has 0 saturated heterocycles. The molecule has 2 aromatic rings. The van der Waals surface area contributed by atoms with Crippen LogP contribution in [0.3, 0.4) is 0 Å². The van der Waals surface area contributed by atoms with Gasteiger partial charge in [-0.05, 0) is 43.2 Å². The van der Waals surface area contributed by atoms with Gasteiger partial charge in [0.2, 0.25) is 5.91 Å². The number of amides is 1. The number of hydrogen-bond acceptors (Lipinski definition) is 5. The number of thioether (sulfide) groups is 1. The van der Waals surface area contributed by atoms with Crippen molar-refractivity contribution in [2.75, 3.05) is 17.7 Å². The van der Waals surface area contributed by atoms with Gasteiger partial charge in [-0.2, -0.15) is 0 Å². The minimum absolute atomic E-state index is 0.0758. The van der Waals surface area contributed by atoms with Crippen molar-refractivity contribution in [3.8, 4) is 0 Å². The second kappa shape index (κ2) is 9.42. The van der Waals surface area contributed by atoms with E-state index in [0.717, 1.165) is 30.6 Å². The summed E-state index contributed by atoms with van der Waals surface area (Å²) in [5.74, 6) is 1.36. The molecule has 0 aliphatic heterocycles. The van der Waals surface area contributed by atoms with Gasteiger partial charge in [-0.25, -0.2) is 4.79 Å². The van der Waals surface area contributed by atoms with E-state index in [0.29, 0.717) is 28.8 Å². The van der Waals surface area contributed by atoms with Crippen LogP contribution in [-0.2, 0) is 28.1 Å². The van der Waals surface area contributed by atoms with Crippen LogP contribution in [0.5, 0.6) is 0 Å². The van der Waals surface area contributed by atoms with Crippen LogP contribution in [0.1, 0.15) is 46.6 Å². The standard InChI is InChI=1S/C21H25NO3S2/c1-3-25-21(24)19-16-10-9-14(2)11-17(16)27-20(19)22-18(23)13-26-12-15-7-5-4-6-8-15/h4-8,14H,3,9-13H2,1-2H3,(H,22,23). The molecule has 144 valence electrons. The molecule has 3 rings (SSSR count). The molecule has 1 amide bonds. The largest absolute Gasteiger partial charge is 0.462 e. The van der Waals surface area contributed by atoms with E-state index in [4.69, 9.17) is 4.74 Å². The number of ether oxygens (including phenoxy) is 1. The van der Waals surface area contributed by atoms with Gasteiger partial charge >= 0.3 is 5.97 Å². The van der Waals surface area contributed by atoms with Gasteiger partial charge in [-0.3, -0.25) is 4.79 Å². The van der Waals surface area contributed by atoms with Crippen LogP contribution < -0.4 is 5.32 Å². The first-order chi connectivity index (χ1) is 13.1. The number of esters is 1. The van der Waals surface area contributed by atoms with Crippen molar-refractivity contribution in [2.45, 2.75) is 38.9 Å². The Balaban J connectivity index is 1.67. The molecule has 1 heterocycles. The number of hydrogen-bond donors (Lipinski definition) is 1. The van der Waals surface area contributed by atoms with E-state index < -0.39 is 0 Å². The summed E-state index contributed by atoms with van der Waals surface area (Å²) in [7, 11) is 0. The average Bonchev–Trinajstić information content (AvgIpc) is 2.99. The first-order valence-corrected chi connectivity index (χ1v) is 11.3. The lowest BCUT2D eigenvalue weighted by Gasteiger charge is -2.18. The summed E-state index contributed by atoms with van der Waals surface area (Å²) in [5.41, 5.74) is 2.84. The van der Waals surface area contributed by atoms with Crippen LogP contribution >= 0.6 is 23.1 Å². The molecule has 1 N–H and O–H groups in total. The molecular weight excluding hydrogens is 378 g/mol. The molecular formula is C21H25NO3S2. The molecule has 1 unspecified atom stereocenters. The summed E-state index contributed by atoms with van der Waals surface area (Å²) in [4.78, 5) is 26.1. The van der Waals surface area contributed by atoms with Gasteiger partial charge in [0.25, 0.3) is 0 Å². The normalized spacial score (nSPS) is 15.9. The highest BCUT2D eigenvalue weighted by atomic mass is 32.2. The van der Waals surface area contributed by atoms with Crippen LogP contribution in [-0.4, -0.2) is 24.2 Å². The molecule has 0 fully saturated rings. The Kier molecular flexibility index (Phi) is 6.96. The Morgan fingerprint density at radius 3 is 2.81 bits per heavy atom. The molecule has 1 atom stereocenters. The van der Waals surface area contributed by atoms with Crippen LogP contribution in [0.4, 0.5) is 5.00 Å². The zero-order valence-electron chi connectivity index (χ0n) is 15.7. The molecule has 1 aromatic heterocycles. The van der Waals surface area contributed by atoms with Gasteiger partial charge in [0.1, 0.15) is 5.00 Å². The van der Waals surface area contributed by atoms with Crippen molar-refractivity contribution in [2.24, 2.45) is 5.92 Å². The minimum atomic E-state index is -0.322. The van der Waals surface area contributed by atoms with Crippen molar-refractivity contribution in [3.05, 3.63) is 51.9 Å². The zero-order chi connectivity index (χ0) is 19.2. The van der Waals surface area contributed by atoms with Gasteiger partial charge in [0.15, 0.2) is 0 Å². The summed E-state index contributed by atoms with van der Waals surface area (Å²) in [6.45, 7) is 4.36. The fourth-order valence-electron chi connectivity index (χ4n) is 3.26. The van der Waals surface area contributed by atoms with E-state index in [9.17, 15) is 9.59 Å². The molecule has 1 aliphatic rings. The molecule has 0 saturated carbocycles. The topological polar surface area (TPSA) is 55.4 Å². The predicted molar refractivity (Wildman–Crippen MR) is 113 cm³/mol. The lowest BCUT2D eigenvalue weighted by molar-refractivity contribution is -0.113. The molecule has 27 heavy (non-hydrogen) atoms.